The Hall–Kier alpha value is 0.325. The molecule has 0 bridgehead atoms. The molecule has 0 saturated heterocycles. The molecular weight excluding hydrogens is 558 g/mol. The van der Waals surface area contributed by atoms with Crippen molar-refractivity contribution in [2.75, 3.05) is 18.1 Å². The van der Waals surface area contributed by atoms with Gasteiger partial charge < -0.3 is 18.0 Å². The number of aliphatic hydroxyl groups is 1. The molecule has 1 aromatic heterocycles. The Bertz CT molecular complexity index is 766. The summed E-state index contributed by atoms with van der Waals surface area (Å²) >= 11 is 11.3. The summed E-state index contributed by atoms with van der Waals surface area (Å²) in [7, 11) is 0. The third kappa shape index (κ3) is 8.14. The maximum Gasteiger partial charge on any atom is 1.00 e. The van der Waals surface area contributed by atoms with Gasteiger partial charge in [-0.3, -0.25) is 0 Å². The fourth-order valence-corrected chi connectivity index (χ4v) is 3.50. The van der Waals surface area contributed by atoms with Gasteiger partial charge in [-0.1, -0.05) is 6.07 Å². The standard InChI is InChI=1S/C7H9BrN2.C6H2Br2N2S.C2H6O.B.Na.H/c1-4-2-3-5(8)7(10)6(4)9;7-3-1-2-4(8)6-5(3)9-11-10-6;1-2-3;;;/h2-3H,9-10H2,1H3;1-2H;3H,2H2,1H3;;;/q;;;;+1;-1. The molecule has 0 amide bonds. The van der Waals surface area contributed by atoms with Gasteiger partial charge in [0.2, 0.25) is 0 Å². The van der Waals surface area contributed by atoms with Crippen LogP contribution in [0.5, 0.6) is 0 Å². The minimum absolute atomic E-state index is 0. The van der Waals surface area contributed by atoms with Crippen LogP contribution in [0.4, 0.5) is 11.4 Å². The number of fused-ring (bicyclic) bond motifs is 1. The molecule has 1 heterocycles. The normalized spacial score (nSPS) is 9.00. The number of aliphatic hydroxyl groups excluding tert-OH is 1. The minimum atomic E-state index is 0. The number of nitrogens with two attached hydrogens (primary N) is 2. The summed E-state index contributed by atoms with van der Waals surface area (Å²) in [6.07, 6.45) is 0. The molecule has 2 aromatic carbocycles. The summed E-state index contributed by atoms with van der Waals surface area (Å²) in [5, 5.41) is 7.57. The first-order chi connectivity index (χ1) is 11.3. The molecule has 0 saturated carbocycles. The molecule has 11 heteroatoms. The van der Waals surface area contributed by atoms with E-state index in [0.29, 0.717) is 11.4 Å². The van der Waals surface area contributed by atoms with Gasteiger partial charge in [0, 0.05) is 28.4 Å². The van der Waals surface area contributed by atoms with Gasteiger partial charge in [-0.05, 0) is 85.4 Å². The Kier molecular flexibility index (Phi) is 15.7. The molecule has 5 nitrogen and oxygen atoms in total. The topological polar surface area (TPSA) is 98.0 Å². The van der Waals surface area contributed by atoms with Crippen LogP contribution in [0.15, 0.2) is 37.7 Å². The van der Waals surface area contributed by atoms with Crippen LogP contribution >= 0.6 is 59.5 Å². The number of hydrogen-bond donors (Lipinski definition) is 3. The van der Waals surface area contributed by atoms with E-state index in [0.717, 1.165) is 30.0 Å². The van der Waals surface area contributed by atoms with E-state index in [1.807, 2.05) is 31.2 Å². The first kappa shape index (κ1) is 28.5. The Morgan fingerprint density at radius 1 is 0.962 bits per heavy atom. The van der Waals surface area contributed by atoms with E-state index in [4.69, 9.17) is 16.6 Å². The Balaban J connectivity index is -0.000000341. The van der Waals surface area contributed by atoms with E-state index in [-0.39, 0.29) is 46.0 Å². The van der Waals surface area contributed by atoms with E-state index >= 15 is 0 Å². The van der Waals surface area contributed by atoms with Crippen LogP contribution in [-0.2, 0) is 0 Å². The molecule has 0 aliphatic rings. The van der Waals surface area contributed by atoms with Gasteiger partial charge in [0.15, 0.2) is 0 Å². The number of rotatable bonds is 0. The molecule has 0 atom stereocenters. The molecular formula is C15H18BBr3N4NaOS. The van der Waals surface area contributed by atoms with Crippen LogP contribution in [0.2, 0.25) is 0 Å². The second-order valence-corrected chi connectivity index (χ2v) is 7.59. The predicted octanol–water partition coefficient (Wildman–Crippen LogP) is 1.87. The maximum atomic E-state index is 7.57. The molecule has 26 heavy (non-hydrogen) atoms. The van der Waals surface area contributed by atoms with Crippen molar-refractivity contribution in [1.82, 2.24) is 8.75 Å². The number of hydrogen-bond acceptors (Lipinski definition) is 6. The molecule has 5 N–H and O–H groups in total. The molecule has 0 fully saturated rings. The van der Waals surface area contributed by atoms with Gasteiger partial charge in [-0.2, -0.15) is 8.75 Å². The van der Waals surface area contributed by atoms with Crippen molar-refractivity contribution in [2.45, 2.75) is 13.8 Å². The van der Waals surface area contributed by atoms with Crippen molar-refractivity contribution in [1.29, 1.82) is 0 Å². The van der Waals surface area contributed by atoms with Crippen molar-refractivity contribution in [3.63, 3.8) is 0 Å². The molecule has 0 unspecified atom stereocenters. The van der Waals surface area contributed by atoms with E-state index in [2.05, 4.69) is 56.5 Å². The molecule has 0 spiro atoms. The largest absolute Gasteiger partial charge is 1.00 e. The van der Waals surface area contributed by atoms with Crippen LogP contribution in [0.25, 0.3) is 11.0 Å². The van der Waals surface area contributed by atoms with Gasteiger partial charge in [0.1, 0.15) is 11.0 Å². The maximum absolute atomic E-state index is 7.57. The van der Waals surface area contributed by atoms with Gasteiger partial charge in [-0.15, -0.1) is 0 Å². The average molecular weight is 576 g/mol. The Morgan fingerprint density at radius 3 is 1.73 bits per heavy atom. The molecule has 3 radical (unpaired) electrons. The smallest absolute Gasteiger partial charge is 1.00 e. The monoisotopic (exact) mass is 573 g/mol. The van der Waals surface area contributed by atoms with Gasteiger partial charge in [0.25, 0.3) is 0 Å². The first-order valence-electron chi connectivity index (χ1n) is 6.80. The van der Waals surface area contributed by atoms with Crippen LogP contribution in [-0.4, -0.2) is 28.9 Å². The fraction of sp³-hybridized carbons (Fsp3) is 0.200. The third-order valence-electron chi connectivity index (χ3n) is 2.77. The molecule has 3 rings (SSSR count). The molecule has 135 valence electrons. The molecule has 3 aromatic rings. The SMILES string of the molecule is Brc1ccc(Br)c2nsnc12.CCO.Cc1ccc(Br)c(N)c1N.[B].[H-].[Na+]. The number of anilines is 2. The summed E-state index contributed by atoms with van der Waals surface area (Å²) in [5.41, 5.74) is 15.4. The number of halogens is 3. The van der Waals surface area contributed by atoms with Crippen LogP contribution in [0, 0.1) is 6.92 Å². The quantitative estimate of drug-likeness (QED) is 0.281. The van der Waals surface area contributed by atoms with Crippen LogP contribution in [0.1, 0.15) is 13.9 Å². The van der Waals surface area contributed by atoms with Gasteiger partial charge in [0.05, 0.1) is 23.1 Å². The number of aryl methyl sites for hydroxylation is 1. The average Bonchev–Trinajstić information content (AvgIpc) is 3.05. The second kappa shape index (κ2) is 14.3. The van der Waals surface area contributed by atoms with E-state index in [1.165, 1.54) is 11.7 Å². The number of nitrogen functional groups attached to an aromatic ring is 2. The summed E-state index contributed by atoms with van der Waals surface area (Å²) in [4.78, 5) is 0. The van der Waals surface area contributed by atoms with Gasteiger partial charge >= 0.3 is 29.6 Å². The zero-order chi connectivity index (χ0) is 18.3. The fourth-order valence-electron chi connectivity index (χ4n) is 1.52. The molecule has 0 aliphatic heterocycles. The van der Waals surface area contributed by atoms with Crippen LogP contribution in [0.3, 0.4) is 0 Å². The predicted molar refractivity (Wildman–Crippen MR) is 120 cm³/mol. The number of aromatic nitrogens is 2. The van der Waals surface area contributed by atoms with Crippen molar-refractivity contribution in [3.8, 4) is 0 Å². The van der Waals surface area contributed by atoms with E-state index < -0.39 is 0 Å². The van der Waals surface area contributed by atoms with Crippen molar-refractivity contribution in [2.24, 2.45) is 0 Å². The zero-order valence-corrected chi connectivity index (χ0v) is 22.2. The third-order valence-corrected chi connectivity index (χ3v) is 5.27. The second-order valence-electron chi connectivity index (χ2n) is 4.50. The Labute approximate surface area is 208 Å². The van der Waals surface area contributed by atoms with Crippen molar-refractivity contribution >= 4 is 90.3 Å². The summed E-state index contributed by atoms with van der Waals surface area (Å²) in [6, 6.07) is 7.72. The van der Waals surface area contributed by atoms with E-state index in [1.54, 1.807) is 6.92 Å². The summed E-state index contributed by atoms with van der Waals surface area (Å²) < 4.78 is 11.1. The van der Waals surface area contributed by atoms with Gasteiger partial charge in [-0.25, -0.2) is 0 Å². The van der Waals surface area contributed by atoms with E-state index in [9.17, 15) is 0 Å². The summed E-state index contributed by atoms with van der Waals surface area (Å²) in [5.74, 6) is 0. The zero-order valence-electron chi connectivity index (χ0n) is 15.6. The summed E-state index contributed by atoms with van der Waals surface area (Å²) in [6.45, 7) is 3.86. The number of benzene rings is 2. The minimum Gasteiger partial charge on any atom is -1.00 e. The number of nitrogens with zero attached hydrogens (tertiary/aromatic N) is 2. The van der Waals surface area contributed by atoms with Crippen LogP contribution < -0.4 is 41.0 Å². The van der Waals surface area contributed by atoms with Crippen molar-refractivity contribution in [3.05, 3.63) is 43.2 Å². The Morgan fingerprint density at radius 2 is 1.35 bits per heavy atom. The van der Waals surface area contributed by atoms with Crippen molar-refractivity contribution < 1.29 is 36.1 Å². The molecule has 0 aliphatic carbocycles. The first-order valence-corrected chi connectivity index (χ1v) is 9.91.